The maximum Gasteiger partial charge on any atom is 0.220 e. The fraction of sp³-hybridized carbons (Fsp3) is 0.733. The summed E-state index contributed by atoms with van der Waals surface area (Å²) in [4.78, 5) is 25.8. The van der Waals surface area contributed by atoms with Crippen molar-refractivity contribution in [3.05, 3.63) is 23.3 Å². The van der Waals surface area contributed by atoms with Crippen molar-refractivity contribution in [3.63, 3.8) is 0 Å². The van der Waals surface area contributed by atoms with Crippen molar-refractivity contribution in [2.24, 2.45) is 23.2 Å². The highest BCUT2D eigenvalue weighted by atomic mass is 16.5. The van der Waals surface area contributed by atoms with Crippen molar-refractivity contribution in [2.45, 2.75) is 109 Å². The second-order valence-corrected chi connectivity index (χ2v) is 11.9. The van der Waals surface area contributed by atoms with E-state index >= 15 is 0 Å². The van der Waals surface area contributed by atoms with Gasteiger partial charge in [-0.25, -0.2) is 0 Å². The van der Waals surface area contributed by atoms with E-state index in [0.717, 1.165) is 51.4 Å². The number of benzene rings is 1. The van der Waals surface area contributed by atoms with E-state index in [1.807, 2.05) is 13.0 Å². The zero-order valence-electron chi connectivity index (χ0n) is 21.6. The Labute approximate surface area is 210 Å². The van der Waals surface area contributed by atoms with Crippen LogP contribution in [-0.2, 0) is 16.0 Å². The van der Waals surface area contributed by atoms with Crippen LogP contribution in [0.3, 0.4) is 0 Å². The van der Waals surface area contributed by atoms with Crippen LogP contribution in [0.5, 0.6) is 11.5 Å². The number of carbonyl (C=O) groups excluding carboxylic acids is 2. The lowest BCUT2D eigenvalue weighted by Gasteiger charge is -2.50. The third-order valence-corrected chi connectivity index (χ3v) is 9.90. The number of ether oxygens (including phenoxy) is 1. The van der Waals surface area contributed by atoms with Gasteiger partial charge in [0, 0.05) is 24.3 Å². The molecule has 3 fully saturated rings. The van der Waals surface area contributed by atoms with Crippen molar-refractivity contribution in [1.29, 1.82) is 0 Å². The standard InChI is InChI=1S/C30H43NO4/c1-3-35-26-18-24-19(16-25(26)32)12-13-23-22(24)14-15-30(2)27(33)17-20(29(23)30)8-7-11-28(34)31-21-9-5-4-6-10-21/h16,18,20-23,29,32H,3-15,17H2,1-2H3,(H,31,34)/t20?,22?,23?,29?,30-/m1/s1. The van der Waals surface area contributed by atoms with Crippen LogP contribution in [0.15, 0.2) is 12.1 Å². The Balaban J connectivity index is 1.28. The van der Waals surface area contributed by atoms with E-state index < -0.39 is 0 Å². The maximum atomic E-state index is 13.3. The number of hydrogen-bond donors (Lipinski definition) is 2. The van der Waals surface area contributed by atoms with Crippen molar-refractivity contribution in [2.75, 3.05) is 6.61 Å². The van der Waals surface area contributed by atoms with E-state index in [2.05, 4.69) is 18.3 Å². The van der Waals surface area contributed by atoms with Crippen LogP contribution < -0.4 is 10.1 Å². The number of ketones is 1. The van der Waals surface area contributed by atoms with Gasteiger partial charge in [0.15, 0.2) is 11.5 Å². The van der Waals surface area contributed by atoms with Crippen molar-refractivity contribution in [3.8, 4) is 11.5 Å². The molecule has 0 spiro atoms. The molecule has 0 aliphatic heterocycles. The van der Waals surface area contributed by atoms with Crippen molar-refractivity contribution >= 4 is 11.7 Å². The number of nitrogens with one attached hydrogen (secondary N) is 1. The summed E-state index contributed by atoms with van der Waals surface area (Å²) in [7, 11) is 0. The van der Waals surface area contributed by atoms with E-state index in [1.165, 1.54) is 30.4 Å². The van der Waals surface area contributed by atoms with Crippen LogP contribution in [0.2, 0.25) is 0 Å². The van der Waals surface area contributed by atoms with E-state index in [-0.39, 0.29) is 17.1 Å². The number of rotatable bonds is 7. The van der Waals surface area contributed by atoms with E-state index in [4.69, 9.17) is 4.74 Å². The molecule has 0 heterocycles. The van der Waals surface area contributed by atoms with Gasteiger partial charge in [-0.15, -0.1) is 0 Å². The summed E-state index contributed by atoms with van der Waals surface area (Å²) in [6.45, 7) is 4.70. The molecular weight excluding hydrogens is 438 g/mol. The van der Waals surface area contributed by atoms with Crippen LogP contribution in [-0.4, -0.2) is 29.4 Å². The lowest BCUT2D eigenvalue weighted by molar-refractivity contribution is -0.129. The Kier molecular flexibility index (Phi) is 7.14. The topological polar surface area (TPSA) is 75.6 Å². The molecule has 1 aromatic rings. The van der Waals surface area contributed by atoms with Crippen molar-refractivity contribution in [1.82, 2.24) is 5.32 Å². The molecule has 5 nitrogen and oxygen atoms in total. The third kappa shape index (κ3) is 4.72. The van der Waals surface area contributed by atoms with Crippen LogP contribution in [0.4, 0.5) is 0 Å². The number of Topliss-reactive ketones (excluding diaryl/α,β-unsaturated/α-hetero) is 1. The third-order valence-electron chi connectivity index (χ3n) is 9.90. The Bertz CT molecular complexity index is 952. The SMILES string of the molecule is CCOc1cc2c(cc1O)CCC1C2CC[C@]2(C)C(=O)CC(CCCC(=O)NC3CCCCC3)C12. The number of hydrogen-bond acceptors (Lipinski definition) is 4. The highest BCUT2D eigenvalue weighted by Gasteiger charge is 2.58. The zero-order valence-corrected chi connectivity index (χ0v) is 21.6. The largest absolute Gasteiger partial charge is 0.504 e. The van der Waals surface area contributed by atoms with Gasteiger partial charge in [-0.2, -0.15) is 0 Å². The van der Waals surface area contributed by atoms with E-state index in [9.17, 15) is 14.7 Å². The minimum Gasteiger partial charge on any atom is -0.504 e. The first-order valence-corrected chi connectivity index (χ1v) is 14.2. The summed E-state index contributed by atoms with van der Waals surface area (Å²) >= 11 is 0. The smallest absolute Gasteiger partial charge is 0.220 e. The average molecular weight is 482 g/mol. The molecule has 2 N–H and O–H groups in total. The van der Waals surface area contributed by atoms with Crippen molar-refractivity contribution < 1.29 is 19.4 Å². The maximum absolute atomic E-state index is 13.3. The van der Waals surface area contributed by atoms with Crippen LogP contribution >= 0.6 is 0 Å². The van der Waals surface area contributed by atoms with Gasteiger partial charge >= 0.3 is 0 Å². The average Bonchev–Trinajstić information content (AvgIpc) is 3.10. The van der Waals surface area contributed by atoms with E-state index in [0.29, 0.717) is 60.7 Å². The minimum absolute atomic E-state index is 0.195. The molecule has 1 amide bonds. The number of aryl methyl sites for hydroxylation is 1. The van der Waals surface area contributed by atoms with Crippen LogP contribution in [0, 0.1) is 23.2 Å². The number of fused-ring (bicyclic) bond motifs is 5. The zero-order chi connectivity index (χ0) is 24.6. The molecule has 0 radical (unpaired) electrons. The van der Waals surface area contributed by atoms with Crippen LogP contribution in [0.25, 0.3) is 0 Å². The molecule has 5 rings (SSSR count). The van der Waals surface area contributed by atoms with Crippen LogP contribution in [0.1, 0.15) is 108 Å². The summed E-state index contributed by atoms with van der Waals surface area (Å²) in [5.74, 6) is 3.17. The molecule has 5 heteroatoms. The lowest BCUT2D eigenvalue weighted by atomic mass is 9.54. The first-order chi connectivity index (χ1) is 16.9. The monoisotopic (exact) mass is 481 g/mol. The molecule has 0 bridgehead atoms. The number of carbonyl (C=O) groups is 2. The van der Waals surface area contributed by atoms with Gasteiger partial charge < -0.3 is 15.2 Å². The summed E-state index contributed by atoms with van der Waals surface area (Å²) in [5.41, 5.74) is 2.36. The minimum atomic E-state index is -0.215. The fourth-order valence-electron chi connectivity index (χ4n) is 8.25. The molecule has 192 valence electrons. The van der Waals surface area contributed by atoms with Gasteiger partial charge in [-0.1, -0.05) is 26.2 Å². The summed E-state index contributed by atoms with van der Waals surface area (Å²) < 4.78 is 5.71. The highest BCUT2D eigenvalue weighted by molar-refractivity contribution is 5.87. The quantitative estimate of drug-likeness (QED) is 0.496. The predicted octanol–water partition coefficient (Wildman–Crippen LogP) is 6.06. The molecule has 4 unspecified atom stereocenters. The molecule has 0 saturated heterocycles. The number of phenols is 1. The Morgan fingerprint density at radius 1 is 1.17 bits per heavy atom. The Morgan fingerprint density at radius 2 is 1.97 bits per heavy atom. The van der Waals surface area contributed by atoms with Gasteiger partial charge in [0.05, 0.1) is 6.61 Å². The summed E-state index contributed by atoms with van der Waals surface area (Å²) in [5, 5.41) is 13.7. The summed E-state index contributed by atoms with van der Waals surface area (Å²) in [6.07, 6.45) is 13.1. The lowest BCUT2D eigenvalue weighted by Crippen LogP contribution is -2.44. The van der Waals surface area contributed by atoms with Gasteiger partial charge in [-0.05, 0) is 105 Å². The highest BCUT2D eigenvalue weighted by Crippen LogP contribution is 2.62. The van der Waals surface area contributed by atoms with Gasteiger partial charge in [0.25, 0.3) is 0 Å². The molecule has 5 atom stereocenters. The predicted molar refractivity (Wildman–Crippen MR) is 137 cm³/mol. The Hall–Kier alpha value is -2.04. The molecule has 0 aromatic heterocycles. The van der Waals surface area contributed by atoms with Gasteiger partial charge in [0.1, 0.15) is 5.78 Å². The molecule has 4 aliphatic rings. The molecule has 4 aliphatic carbocycles. The second kappa shape index (κ2) is 10.1. The second-order valence-electron chi connectivity index (χ2n) is 11.9. The molecule has 1 aromatic carbocycles. The van der Waals surface area contributed by atoms with E-state index in [1.54, 1.807) is 0 Å². The summed E-state index contributed by atoms with van der Waals surface area (Å²) in [6, 6.07) is 4.36. The number of amides is 1. The van der Waals surface area contributed by atoms with Gasteiger partial charge in [-0.3, -0.25) is 9.59 Å². The molecule has 3 saturated carbocycles. The first-order valence-electron chi connectivity index (χ1n) is 14.2. The number of phenolic OH excluding ortho intramolecular Hbond substituents is 1. The molecular formula is C30H43NO4. The first kappa shape index (κ1) is 24.6. The molecule has 35 heavy (non-hydrogen) atoms. The number of aromatic hydroxyl groups is 1. The Morgan fingerprint density at radius 3 is 2.74 bits per heavy atom. The fourth-order valence-corrected chi connectivity index (χ4v) is 8.25. The normalized spacial score (nSPS) is 32.5. The van der Waals surface area contributed by atoms with Gasteiger partial charge in [0.2, 0.25) is 5.91 Å².